The van der Waals surface area contributed by atoms with E-state index in [1.54, 1.807) is 29.1 Å². The molecule has 4 aromatic heterocycles. The smallest absolute Gasteiger partial charge is 0.251 e. The molecule has 0 aliphatic rings. The van der Waals surface area contributed by atoms with E-state index in [1.807, 2.05) is 73.1 Å². The van der Waals surface area contributed by atoms with Crippen LogP contribution in [0, 0.1) is 13.8 Å². The molecule has 0 unspecified atom stereocenters. The molecule has 34 heavy (non-hydrogen) atoms. The van der Waals surface area contributed by atoms with Crippen LogP contribution in [0.15, 0.2) is 79.3 Å². The third kappa shape index (κ3) is 4.66. The Bertz CT molecular complexity index is 1420. The third-order valence-electron chi connectivity index (χ3n) is 5.39. The third-order valence-corrected chi connectivity index (χ3v) is 5.39. The SMILES string of the molecule is Cc1cc(C)n(-c2ccc(CNC(=O)c3cccc(OCc4cn5ccccc5n4)c3)cn2)n1. The summed E-state index contributed by atoms with van der Waals surface area (Å²) in [6, 6.07) is 18.8. The van der Waals surface area contributed by atoms with E-state index >= 15 is 0 Å². The summed E-state index contributed by atoms with van der Waals surface area (Å²) >= 11 is 0. The molecule has 0 radical (unpaired) electrons. The van der Waals surface area contributed by atoms with Crippen molar-refractivity contribution in [1.29, 1.82) is 0 Å². The molecule has 0 aliphatic carbocycles. The molecule has 8 heteroatoms. The lowest BCUT2D eigenvalue weighted by Crippen LogP contribution is -2.22. The highest BCUT2D eigenvalue weighted by molar-refractivity contribution is 5.94. The van der Waals surface area contributed by atoms with Crippen LogP contribution in [-0.2, 0) is 13.2 Å². The van der Waals surface area contributed by atoms with Crippen LogP contribution in [0.1, 0.15) is 33.0 Å². The van der Waals surface area contributed by atoms with Crippen molar-refractivity contribution in [1.82, 2.24) is 29.5 Å². The van der Waals surface area contributed by atoms with Crippen molar-refractivity contribution in [3.63, 3.8) is 0 Å². The number of benzene rings is 1. The Hall–Kier alpha value is -4.46. The number of aromatic nitrogens is 5. The fourth-order valence-electron chi connectivity index (χ4n) is 3.73. The van der Waals surface area contributed by atoms with Gasteiger partial charge in [-0.25, -0.2) is 14.6 Å². The normalized spacial score (nSPS) is 11.0. The van der Waals surface area contributed by atoms with Gasteiger partial charge in [0.2, 0.25) is 0 Å². The summed E-state index contributed by atoms with van der Waals surface area (Å²) in [4.78, 5) is 21.7. The summed E-state index contributed by atoms with van der Waals surface area (Å²) in [5.41, 5.74) is 5.08. The Balaban J connectivity index is 1.19. The van der Waals surface area contributed by atoms with Gasteiger partial charge in [-0.1, -0.05) is 18.2 Å². The van der Waals surface area contributed by atoms with Gasteiger partial charge in [0.25, 0.3) is 5.91 Å². The zero-order valence-corrected chi connectivity index (χ0v) is 19.0. The summed E-state index contributed by atoms with van der Waals surface area (Å²) in [5.74, 6) is 1.18. The molecule has 0 fully saturated rings. The summed E-state index contributed by atoms with van der Waals surface area (Å²) in [5, 5.41) is 7.38. The molecule has 8 nitrogen and oxygen atoms in total. The van der Waals surface area contributed by atoms with Crippen molar-refractivity contribution in [2.45, 2.75) is 27.0 Å². The number of nitrogens with one attached hydrogen (secondary N) is 1. The predicted octanol–water partition coefficient (Wildman–Crippen LogP) is 4.04. The van der Waals surface area contributed by atoms with Gasteiger partial charge < -0.3 is 14.5 Å². The highest BCUT2D eigenvalue weighted by Gasteiger charge is 2.09. The molecule has 0 saturated heterocycles. The Morgan fingerprint density at radius 1 is 1.06 bits per heavy atom. The second-order valence-electron chi connectivity index (χ2n) is 8.06. The molecule has 0 spiro atoms. The highest BCUT2D eigenvalue weighted by Crippen LogP contribution is 2.16. The predicted molar refractivity (Wildman–Crippen MR) is 128 cm³/mol. The van der Waals surface area contributed by atoms with Gasteiger partial charge in [-0.3, -0.25) is 4.79 Å². The molecule has 0 atom stereocenters. The number of carbonyl (C=O) groups is 1. The minimum absolute atomic E-state index is 0.180. The van der Waals surface area contributed by atoms with Gasteiger partial charge in [-0.05, 0) is 61.9 Å². The Morgan fingerprint density at radius 2 is 1.97 bits per heavy atom. The molecule has 170 valence electrons. The first-order valence-electron chi connectivity index (χ1n) is 11.0. The summed E-state index contributed by atoms with van der Waals surface area (Å²) < 4.78 is 9.61. The monoisotopic (exact) mass is 452 g/mol. The van der Waals surface area contributed by atoms with E-state index < -0.39 is 0 Å². The van der Waals surface area contributed by atoms with E-state index in [0.29, 0.717) is 24.5 Å². The Kier molecular flexibility index (Phi) is 5.78. The number of carbonyl (C=O) groups excluding carboxylic acids is 1. The molecule has 1 amide bonds. The Morgan fingerprint density at radius 3 is 2.74 bits per heavy atom. The van der Waals surface area contributed by atoms with Gasteiger partial charge in [0.1, 0.15) is 18.0 Å². The van der Waals surface area contributed by atoms with Crippen molar-refractivity contribution < 1.29 is 9.53 Å². The van der Waals surface area contributed by atoms with Crippen LogP contribution >= 0.6 is 0 Å². The van der Waals surface area contributed by atoms with E-state index in [-0.39, 0.29) is 5.91 Å². The van der Waals surface area contributed by atoms with Crippen LogP contribution in [-0.4, -0.2) is 30.1 Å². The summed E-state index contributed by atoms with van der Waals surface area (Å²) in [7, 11) is 0. The number of fused-ring (bicyclic) bond motifs is 1. The zero-order chi connectivity index (χ0) is 23.5. The zero-order valence-electron chi connectivity index (χ0n) is 19.0. The minimum Gasteiger partial charge on any atom is -0.487 e. The number of aryl methyl sites for hydroxylation is 2. The van der Waals surface area contributed by atoms with E-state index in [2.05, 4.69) is 20.4 Å². The number of ether oxygens (including phenoxy) is 1. The van der Waals surface area contributed by atoms with E-state index in [4.69, 9.17) is 4.74 Å². The Labute approximate surface area is 196 Å². The van der Waals surface area contributed by atoms with Crippen LogP contribution < -0.4 is 10.1 Å². The van der Waals surface area contributed by atoms with E-state index in [9.17, 15) is 4.79 Å². The number of amides is 1. The molecule has 5 rings (SSSR count). The topological polar surface area (TPSA) is 86.3 Å². The van der Waals surface area contributed by atoms with Crippen LogP contribution in [0.5, 0.6) is 5.75 Å². The van der Waals surface area contributed by atoms with Crippen molar-refractivity contribution in [3.8, 4) is 11.6 Å². The number of nitrogens with zero attached hydrogens (tertiary/aromatic N) is 5. The quantitative estimate of drug-likeness (QED) is 0.403. The fraction of sp³-hybridized carbons (Fsp3) is 0.154. The average molecular weight is 453 g/mol. The van der Waals surface area contributed by atoms with Crippen LogP contribution in [0.2, 0.25) is 0 Å². The van der Waals surface area contributed by atoms with Crippen molar-refractivity contribution in [3.05, 3.63) is 107 Å². The number of hydrogen-bond donors (Lipinski definition) is 1. The fourth-order valence-corrected chi connectivity index (χ4v) is 3.73. The molecule has 5 aromatic rings. The van der Waals surface area contributed by atoms with Gasteiger partial charge in [-0.15, -0.1) is 0 Å². The van der Waals surface area contributed by atoms with Crippen molar-refractivity contribution >= 4 is 11.6 Å². The van der Waals surface area contributed by atoms with Crippen LogP contribution in [0.3, 0.4) is 0 Å². The first-order valence-corrected chi connectivity index (χ1v) is 11.0. The highest BCUT2D eigenvalue weighted by atomic mass is 16.5. The van der Waals surface area contributed by atoms with Gasteiger partial charge >= 0.3 is 0 Å². The molecule has 0 aliphatic heterocycles. The van der Waals surface area contributed by atoms with Crippen LogP contribution in [0.25, 0.3) is 11.5 Å². The first-order chi connectivity index (χ1) is 16.5. The molecule has 0 bridgehead atoms. The number of hydrogen-bond acceptors (Lipinski definition) is 5. The summed E-state index contributed by atoms with van der Waals surface area (Å²) in [6.07, 6.45) is 5.62. The van der Waals surface area contributed by atoms with Gasteiger partial charge in [-0.2, -0.15) is 5.10 Å². The lowest BCUT2D eigenvalue weighted by molar-refractivity contribution is 0.0950. The number of rotatable bonds is 7. The maximum absolute atomic E-state index is 12.7. The van der Waals surface area contributed by atoms with Gasteiger partial charge in [0.15, 0.2) is 5.82 Å². The second kappa shape index (κ2) is 9.19. The lowest BCUT2D eigenvalue weighted by Gasteiger charge is -2.09. The molecule has 4 heterocycles. The van der Waals surface area contributed by atoms with E-state index in [1.165, 1.54) is 0 Å². The maximum atomic E-state index is 12.7. The first kappa shape index (κ1) is 21.4. The summed E-state index contributed by atoms with van der Waals surface area (Å²) in [6.45, 7) is 4.63. The number of imidazole rings is 1. The molecule has 0 saturated carbocycles. The molecular formula is C26H24N6O2. The minimum atomic E-state index is -0.180. The molecule has 1 N–H and O–H groups in total. The molecular weight excluding hydrogens is 428 g/mol. The molecule has 1 aromatic carbocycles. The lowest BCUT2D eigenvalue weighted by atomic mass is 10.2. The maximum Gasteiger partial charge on any atom is 0.251 e. The average Bonchev–Trinajstić information content (AvgIpc) is 3.43. The largest absolute Gasteiger partial charge is 0.487 e. The van der Waals surface area contributed by atoms with E-state index in [0.717, 1.165) is 34.1 Å². The van der Waals surface area contributed by atoms with Crippen LogP contribution in [0.4, 0.5) is 0 Å². The van der Waals surface area contributed by atoms with Crippen molar-refractivity contribution in [2.75, 3.05) is 0 Å². The van der Waals surface area contributed by atoms with Gasteiger partial charge in [0, 0.05) is 36.4 Å². The number of pyridine rings is 2. The van der Waals surface area contributed by atoms with Crippen molar-refractivity contribution in [2.24, 2.45) is 0 Å². The standard InChI is InChI=1S/C26H24N6O2/c1-18-12-19(2)32(30-18)24-10-9-20(14-27-24)15-28-26(33)21-6-5-7-23(13-21)34-17-22-16-31-11-4-3-8-25(31)29-22/h3-14,16H,15,17H2,1-2H3,(H,28,33). The van der Waals surface area contributed by atoms with Gasteiger partial charge in [0.05, 0.1) is 11.4 Å². The second-order valence-corrected chi connectivity index (χ2v) is 8.06.